The van der Waals surface area contributed by atoms with Gasteiger partial charge in [0.2, 0.25) is 0 Å². The SMILES string of the molecule is Clc1ccc2ncc(CN3CCC(C4CCCNC4)CC3)n2c1. The first kappa shape index (κ1) is 15.4. The standard InChI is InChI=1S/C18H25ClN4/c19-16-3-4-18-21-11-17(23(18)12-16)13-22-8-5-14(6-9-22)15-2-1-7-20-10-15/h3-4,11-12,14-15,20H,1-2,5-10,13H2. The lowest BCUT2D eigenvalue weighted by Gasteiger charge is -2.37. The number of nitrogens with zero attached hydrogens (tertiary/aromatic N) is 3. The van der Waals surface area contributed by atoms with Gasteiger partial charge < -0.3 is 9.72 Å². The van der Waals surface area contributed by atoms with Crippen molar-refractivity contribution in [2.24, 2.45) is 11.8 Å². The lowest BCUT2D eigenvalue weighted by Crippen LogP contribution is -2.40. The molecule has 5 heteroatoms. The quantitative estimate of drug-likeness (QED) is 0.937. The Morgan fingerprint density at radius 3 is 2.83 bits per heavy atom. The topological polar surface area (TPSA) is 32.6 Å². The molecule has 2 aromatic heterocycles. The molecule has 2 saturated heterocycles. The van der Waals surface area contributed by atoms with Crippen LogP contribution in [0, 0.1) is 11.8 Å². The van der Waals surface area contributed by atoms with Gasteiger partial charge in [0.1, 0.15) is 5.65 Å². The Morgan fingerprint density at radius 1 is 1.17 bits per heavy atom. The van der Waals surface area contributed by atoms with Crippen LogP contribution in [0.4, 0.5) is 0 Å². The fourth-order valence-corrected chi connectivity index (χ4v) is 4.38. The Morgan fingerprint density at radius 2 is 2.04 bits per heavy atom. The third kappa shape index (κ3) is 3.39. The molecule has 2 aliphatic rings. The predicted molar refractivity (Wildman–Crippen MR) is 93.8 cm³/mol. The highest BCUT2D eigenvalue weighted by molar-refractivity contribution is 6.30. The van der Waals surface area contributed by atoms with Gasteiger partial charge in [-0.2, -0.15) is 0 Å². The second-order valence-electron chi connectivity index (χ2n) is 7.05. The van der Waals surface area contributed by atoms with E-state index in [9.17, 15) is 0 Å². The first-order valence-electron chi connectivity index (χ1n) is 8.84. The van der Waals surface area contributed by atoms with Crippen LogP contribution in [0.1, 0.15) is 31.4 Å². The van der Waals surface area contributed by atoms with Gasteiger partial charge in [0.05, 0.1) is 16.9 Å². The third-order valence-electron chi connectivity index (χ3n) is 5.57. The molecule has 0 aromatic carbocycles. The van der Waals surface area contributed by atoms with Crippen molar-refractivity contribution in [1.82, 2.24) is 19.6 Å². The fraction of sp³-hybridized carbons (Fsp3) is 0.611. The summed E-state index contributed by atoms with van der Waals surface area (Å²) in [6, 6.07) is 3.88. The number of halogens is 1. The van der Waals surface area contributed by atoms with Gasteiger partial charge in [-0.1, -0.05) is 11.6 Å². The van der Waals surface area contributed by atoms with Crippen LogP contribution < -0.4 is 5.32 Å². The van der Waals surface area contributed by atoms with Crippen LogP contribution in [0.2, 0.25) is 5.02 Å². The fourth-order valence-electron chi connectivity index (χ4n) is 4.21. The number of aromatic nitrogens is 2. The van der Waals surface area contributed by atoms with Gasteiger partial charge in [-0.3, -0.25) is 4.90 Å². The number of hydrogen-bond acceptors (Lipinski definition) is 3. The Hall–Kier alpha value is -1.10. The Labute approximate surface area is 142 Å². The molecule has 4 heterocycles. The van der Waals surface area contributed by atoms with Crippen molar-refractivity contribution in [1.29, 1.82) is 0 Å². The average molecular weight is 333 g/mol. The third-order valence-corrected chi connectivity index (χ3v) is 5.79. The second-order valence-corrected chi connectivity index (χ2v) is 7.48. The maximum Gasteiger partial charge on any atom is 0.137 e. The van der Waals surface area contributed by atoms with Crippen LogP contribution in [-0.4, -0.2) is 40.5 Å². The molecule has 4 nitrogen and oxygen atoms in total. The Balaban J connectivity index is 1.37. The molecule has 2 aromatic rings. The molecule has 0 radical (unpaired) electrons. The van der Waals surface area contributed by atoms with E-state index in [2.05, 4.69) is 19.6 Å². The van der Waals surface area contributed by atoms with Gasteiger partial charge in [-0.05, 0) is 75.8 Å². The zero-order chi connectivity index (χ0) is 15.6. The van der Waals surface area contributed by atoms with Gasteiger partial charge in [0.25, 0.3) is 0 Å². The molecule has 1 unspecified atom stereocenters. The molecule has 0 aliphatic carbocycles. The molecule has 2 aliphatic heterocycles. The number of fused-ring (bicyclic) bond motifs is 1. The zero-order valence-electron chi connectivity index (χ0n) is 13.5. The Kier molecular flexibility index (Phi) is 4.56. The molecule has 0 bridgehead atoms. The summed E-state index contributed by atoms with van der Waals surface area (Å²) >= 11 is 6.13. The molecule has 0 spiro atoms. The van der Waals surface area contributed by atoms with E-state index in [4.69, 9.17) is 11.6 Å². The molecular formula is C18H25ClN4. The number of rotatable bonds is 3. The summed E-state index contributed by atoms with van der Waals surface area (Å²) in [5.74, 6) is 1.82. The van der Waals surface area contributed by atoms with Crippen molar-refractivity contribution < 1.29 is 0 Å². The minimum absolute atomic E-state index is 0.764. The number of imidazole rings is 1. The van der Waals surface area contributed by atoms with Crippen LogP contribution >= 0.6 is 11.6 Å². The number of hydrogen-bond donors (Lipinski definition) is 1. The van der Waals surface area contributed by atoms with Gasteiger partial charge in [-0.25, -0.2) is 4.98 Å². The minimum atomic E-state index is 0.764. The Bertz CT molecular complexity index is 654. The normalized spacial score (nSPS) is 24.3. The number of nitrogens with one attached hydrogen (secondary N) is 1. The molecular weight excluding hydrogens is 308 g/mol. The first-order valence-corrected chi connectivity index (χ1v) is 9.22. The molecule has 23 heavy (non-hydrogen) atoms. The number of pyridine rings is 1. The number of piperidine rings is 2. The maximum atomic E-state index is 6.13. The van der Waals surface area contributed by atoms with E-state index in [1.54, 1.807) is 0 Å². The summed E-state index contributed by atoms with van der Waals surface area (Å²) in [7, 11) is 0. The van der Waals surface area contributed by atoms with Crippen LogP contribution in [0.3, 0.4) is 0 Å². The van der Waals surface area contributed by atoms with Crippen LogP contribution in [0.15, 0.2) is 24.5 Å². The number of likely N-dealkylation sites (tertiary alicyclic amines) is 1. The van der Waals surface area contributed by atoms with E-state index in [1.165, 1.54) is 57.6 Å². The summed E-state index contributed by atoms with van der Waals surface area (Å²) in [5, 5.41) is 4.33. The van der Waals surface area contributed by atoms with Crippen LogP contribution in [0.25, 0.3) is 5.65 Å². The lowest BCUT2D eigenvalue weighted by atomic mass is 9.80. The van der Waals surface area contributed by atoms with E-state index in [0.29, 0.717) is 0 Å². The second kappa shape index (κ2) is 6.80. The van der Waals surface area contributed by atoms with Crippen molar-refractivity contribution in [3.8, 4) is 0 Å². The summed E-state index contributed by atoms with van der Waals surface area (Å²) in [6.07, 6.45) is 9.41. The zero-order valence-corrected chi connectivity index (χ0v) is 14.3. The van der Waals surface area contributed by atoms with Gasteiger partial charge in [0, 0.05) is 12.7 Å². The lowest BCUT2D eigenvalue weighted by molar-refractivity contribution is 0.127. The highest BCUT2D eigenvalue weighted by atomic mass is 35.5. The van der Waals surface area contributed by atoms with E-state index >= 15 is 0 Å². The smallest absolute Gasteiger partial charge is 0.137 e. The van der Waals surface area contributed by atoms with E-state index in [0.717, 1.165) is 29.1 Å². The highest BCUT2D eigenvalue weighted by Gasteiger charge is 2.27. The largest absolute Gasteiger partial charge is 0.316 e. The molecule has 0 saturated carbocycles. The molecule has 4 rings (SSSR count). The summed E-state index contributed by atoms with van der Waals surface area (Å²) < 4.78 is 2.12. The summed E-state index contributed by atoms with van der Waals surface area (Å²) in [6.45, 7) is 5.82. The van der Waals surface area contributed by atoms with Crippen LogP contribution in [0.5, 0.6) is 0 Å². The van der Waals surface area contributed by atoms with Crippen molar-refractivity contribution >= 4 is 17.2 Å². The van der Waals surface area contributed by atoms with E-state index < -0.39 is 0 Å². The maximum absolute atomic E-state index is 6.13. The van der Waals surface area contributed by atoms with E-state index in [1.807, 2.05) is 24.5 Å². The van der Waals surface area contributed by atoms with Crippen molar-refractivity contribution in [2.45, 2.75) is 32.2 Å². The summed E-state index contributed by atoms with van der Waals surface area (Å²) in [5.41, 5.74) is 2.22. The molecule has 1 atom stereocenters. The molecule has 1 N–H and O–H groups in total. The first-order chi connectivity index (χ1) is 11.3. The van der Waals surface area contributed by atoms with Crippen molar-refractivity contribution in [2.75, 3.05) is 26.2 Å². The van der Waals surface area contributed by atoms with Gasteiger partial charge in [-0.15, -0.1) is 0 Å². The predicted octanol–water partition coefficient (Wildman–Crippen LogP) is 3.20. The van der Waals surface area contributed by atoms with E-state index in [-0.39, 0.29) is 0 Å². The van der Waals surface area contributed by atoms with Gasteiger partial charge >= 0.3 is 0 Å². The van der Waals surface area contributed by atoms with Crippen molar-refractivity contribution in [3.63, 3.8) is 0 Å². The average Bonchev–Trinajstić information content (AvgIpc) is 2.98. The monoisotopic (exact) mass is 332 g/mol. The van der Waals surface area contributed by atoms with Gasteiger partial charge in [0.15, 0.2) is 0 Å². The molecule has 124 valence electrons. The molecule has 0 amide bonds. The molecule has 2 fully saturated rings. The van der Waals surface area contributed by atoms with Crippen LogP contribution in [-0.2, 0) is 6.54 Å². The highest BCUT2D eigenvalue weighted by Crippen LogP contribution is 2.30. The summed E-state index contributed by atoms with van der Waals surface area (Å²) in [4.78, 5) is 7.05. The van der Waals surface area contributed by atoms with Crippen molar-refractivity contribution in [3.05, 3.63) is 35.2 Å². The minimum Gasteiger partial charge on any atom is -0.316 e.